The summed E-state index contributed by atoms with van der Waals surface area (Å²) >= 11 is 0. The molecular weight excluding hydrogens is 308 g/mol. The smallest absolute Gasteiger partial charge is 0.318 e. The number of primary amides is 1. The highest BCUT2D eigenvalue weighted by atomic mass is 35.7. The SMILES string of the molecule is Cc1ccc(OC(C)C(=O)NC(N)=O)c(S(=O)(=O)Cl)c1. The van der Waals surface area contributed by atoms with Crippen molar-refractivity contribution in [2.45, 2.75) is 24.8 Å². The highest BCUT2D eigenvalue weighted by molar-refractivity contribution is 8.13. The summed E-state index contributed by atoms with van der Waals surface area (Å²) in [5, 5.41) is 1.82. The van der Waals surface area contributed by atoms with Gasteiger partial charge in [-0.05, 0) is 31.5 Å². The van der Waals surface area contributed by atoms with Gasteiger partial charge >= 0.3 is 6.03 Å². The average molecular weight is 321 g/mol. The van der Waals surface area contributed by atoms with Crippen LogP contribution < -0.4 is 15.8 Å². The van der Waals surface area contributed by atoms with E-state index in [2.05, 4.69) is 0 Å². The van der Waals surface area contributed by atoms with E-state index in [0.717, 1.165) is 0 Å². The third kappa shape index (κ3) is 4.39. The zero-order chi connectivity index (χ0) is 15.5. The lowest BCUT2D eigenvalue weighted by atomic mass is 10.2. The monoisotopic (exact) mass is 320 g/mol. The van der Waals surface area contributed by atoms with Crippen molar-refractivity contribution in [3.05, 3.63) is 23.8 Å². The standard InChI is InChI=1S/C11H13ClN2O5S/c1-6-3-4-8(9(5-6)20(12,17)18)19-7(2)10(15)14-11(13)16/h3-5,7H,1-2H3,(H3,13,14,15,16). The minimum Gasteiger partial charge on any atom is -0.479 e. The van der Waals surface area contributed by atoms with Crippen LogP contribution in [0.4, 0.5) is 4.79 Å². The number of carbonyl (C=O) groups is 2. The number of imide groups is 1. The number of carbonyl (C=O) groups excluding carboxylic acids is 2. The molecular formula is C11H13ClN2O5S. The Morgan fingerprint density at radius 1 is 1.40 bits per heavy atom. The molecule has 9 heteroatoms. The van der Waals surface area contributed by atoms with Crippen LogP contribution >= 0.6 is 10.7 Å². The van der Waals surface area contributed by atoms with Crippen molar-refractivity contribution in [1.82, 2.24) is 5.32 Å². The number of hydrogen-bond donors (Lipinski definition) is 2. The topological polar surface area (TPSA) is 116 Å². The van der Waals surface area contributed by atoms with E-state index < -0.39 is 27.1 Å². The van der Waals surface area contributed by atoms with E-state index in [1.165, 1.54) is 19.1 Å². The third-order valence-electron chi connectivity index (χ3n) is 2.28. The normalized spacial score (nSPS) is 12.6. The number of hydrogen-bond acceptors (Lipinski definition) is 5. The van der Waals surface area contributed by atoms with Gasteiger partial charge in [0.1, 0.15) is 10.6 Å². The summed E-state index contributed by atoms with van der Waals surface area (Å²) < 4.78 is 28.1. The molecule has 1 atom stereocenters. The number of rotatable bonds is 4. The highest BCUT2D eigenvalue weighted by Crippen LogP contribution is 2.28. The number of ether oxygens (including phenoxy) is 1. The molecule has 1 aromatic rings. The minimum absolute atomic E-state index is 0.0854. The van der Waals surface area contributed by atoms with Crippen LogP contribution in [-0.4, -0.2) is 26.5 Å². The van der Waals surface area contributed by atoms with E-state index >= 15 is 0 Å². The molecule has 1 unspecified atom stereocenters. The van der Waals surface area contributed by atoms with Gasteiger partial charge in [0.2, 0.25) is 0 Å². The Bertz CT molecular complexity index is 644. The Morgan fingerprint density at radius 3 is 2.50 bits per heavy atom. The van der Waals surface area contributed by atoms with Crippen LogP contribution in [0.2, 0.25) is 0 Å². The van der Waals surface area contributed by atoms with Crippen molar-refractivity contribution in [2.24, 2.45) is 5.73 Å². The molecule has 0 aromatic heterocycles. The number of nitrogens with two attached hydrogens (primary N) is 1. The summed E-state index contributed by atoms with van der Waals surface area (Å²) in [5.41, 5.74) is 5.46. The second-order valence-corrected chi connectivity index (χ2v) is 6.54. The number of halogens is 1. The van der Waals surface area contributed by atoms with Crippen LogP contribution in [0.25, 0.3) is 0 Å². The summed E-state index contributed by atoms with van der Waals surface area (Å²) in [5.74, 6) is -0.881. The van der Waals surface area contributed by atoms with E-state index in [9.17, 15) is 18.0 Å². The van der Waals surface area contributed by atoms with E-state index in [1.807, 2.05) is 5.32 Å². The van der Waals surface area contributed by atoms with Crippen molar-refractivity contribution < 1.29 is 22.7 Å². The van der Waals surface area contributed by atoms with Crippen molar-refractivity contribution >= 4 is 31.7 Å². The molecule has 1 rings (SSSR count). The van der Waals surface area contributed by atoms with Gasteiger partial charge in [-0.3, -0.25) is 10.1 Å². The Labute approximate surface area is 120 Å². The van der Waals surface area contributed by atoms with Gasteiger partial charge in [-0.25, -0.2) is 13.2 Å². The molecule has 0 saturated heterocycles. The Kier molecular flexibility index (Phi) is 4.96. The highest BCUT2D eigenvalue weighted by Gasteiger charge is 2.22. The molecule has 0 aliphatic heterocycles. The lowest BCUT2D eigenvalue weighted by Crippen LogP contribution is -2.42. The molecule has 0 spiro atoms. The number of aryl methyl sites for hydroxylation is 1. The summed E-state index contributed by atoms with van der Waals surface area (Å²) in [6, 6.07) is 3.26. The molecule has 0 aliphatic carbocycles. The predicted octanol–water partition coefficient (Wildman–Crippen LogP) is 0.885. The minimum atomic E-state index is -4.03. The zero-order valence-electron chi connectivity index (χ0n) is 10.7. The van der Waals surface area contributed by atoms with Crippen molar-refractivity contribution in [3.63, 3.8) is 0 Å². The molecule has 0 aliphatic rings. The van der Waals surface area contributed by atoms with Crippen LogP contribution in [-0.2, 0) is 13.8 Å². The summed E-state index contributed by atoms with van der Waals surface area (Å²) in [6.45, 7) is 3.02. The second-order valence-electron chi connectivity index (χ2n) is 4.00. The van der Waals surface area contributed by atoms with E-state index in [-0.39, 0.29) is 10.6 Å². The number of benzene rings is 1. The van der Waals surface area contributed by atoms with Gasteiger partial charge in [0.05, 0.1) is 0 Å². The van der Waals surface area contributed by atoms with Gasteiger partial charge in [-0.1, -0.05) is 6.07 Å². The van der Waals surface area contributed by atoms with Gasteiger partial charge in [0, 0.05) is 10.7 Å². The zero-order valence-corrected chi connectivity index (χ0v) is 12.3. The first-order valence-electron chi connectivity index (χ1n) is 5.43. The lowest BCUT2D eigenvalue weighted by Gasteiger charge is -2.15. The molecule has 0 fully saturated rings. The summed E-state index contributed by atoms with van der Waals surface area (Å²) in [4.78, 5) is 21.8. The van der Waals surface area contributed by atoms with E-state index in [1.54, 1.807) is 13.0 Å². The van der Waals surface area contributed by atoms with Gasteiger partial charge in [-0.15, -0.1) is 0 Å². The second kappa shape index (κ2) is 6.10. The molecule has 0 bridgehead atoms. The van der Waals surface area contributed by atoms with Gasteiger partial charge in [-0.2, -0.15) is 0 Å². The molecule has 0 heterocycles. The maximum Gasteiger partial charge on any atom is 0.318 e. The fraction of sp³-hybridized carbons (Fsp3) is 0.273. The maximum absolute atomic E-state index is 11.5. The molecule has 0 saturated carbocycles. The van der Waals surface area contributed by atoms with E-state index in [4.69, 9.17) is 21.2 Å². The largest absolute Gasteiger partial charge is 0.479 e. The quantitative estimate of drug-likeness (QED) is 0.799. The first-order chi connectivity index (χ1) is 9.11. The predicted molar refractivity (Wildman–Crippen MR) is 72.0 cm³/mol. The third-order valence-corrected chi connectivity index (χ3v) is 3.62. The van der Waals surface area contributed by atoms with Crippen LogP contribution in [0.1, 0.15) is 12.5 Å². The van der Waals surface area contributed by atoms with Crippen molar-refractivity contribution in [3.8, 4) is 5.75 Å². The molecule has 0 radical (unpaired) electrons. The molecule has 3 amide bonds. The van der Waals surface area contributed by atoms with Gasteiger partial charge in [0.15, 0.2) is 6.10 Å². The van der Waals surface area contributed by atoms with Crippen molar-refractivity contribution in [2.75, 3.05) is 0 Å². The van der Waals surface area contributed by atoms with Gasteiger partial charge < -0.3 is 10.5 Å². The molecule has 1 aromatic carbocycles. The van der Waals surface area contributed by atoms with Crippen molar-refractivity contribution in [1.29, 1.82) is 0 Å². The number of nitrogens with one attached hydrogen (secondary N) is 1. The molecule has 20 heavy (non-hydrogen) atoms. The molecule has 110 valence electrons. The summed E-state index contributed by atoms with van der Waals surface area (Å²) in [7, 11) is 1.27. The fourth-order valence-corrected chi connectivity index (χ4v) is 2.42. The fourth-order valence-electron chi connectivity index (χ4n) is 1.37. The Balaban J connectivity index is 3.04. The first kappa shape index (κ1) is 16.3. The Hall–Kier alpha value is -1.80. The molecule has 3 N–H and O–H groups in total. The average Bonchev–Trinajstić information content (AvgIpc) is 2.29. The Morgan fingerprint density at radius 2 is 2.00 bits per heavy atom. The number of urea groups is 1. The van der Waals surface area contributed by atoms with Crippen LogP contribution in [0.15, 0.2) is 23.1 Å². The van der Waals surface area contributed by atoms with Crippen LogP contribution in [0.5, 0.6) is 5.75 Å². The van der Waals surface area contributed by atoms with Gasteiger partial charge in [0.25, 0.3) is 15.0 Å². The molecule has 7 nitrogen and oxygen atoms in total. The first-order valence-corrected chi connectivity index (χ1v) is 7.74. The summed E-state index contributed by atoms with van der Waals surface area (Å²) in [6.07, 6.45) is -1.12. The van der Waals surface area contributed by atoms with Crippen LogP contribution in [0, 0.1) is 6.92 Å². The maximum atomic E-state index is 11.5. The van der Waals surface area contributed by atoms with Crippen LogP contribution in [0.3, 0.4) is 0 Å². The van der Waals surface area contributed by atoms with E-state index in [0.29, 0.717) is 5.56 Å². The number of amides is 3. The lowest BCUT2D eigenvalue weighted by molar-refractivity contribution is -0.126.